The smallest absolute Gasteiger partial charge is 0.0549 e. The summed E-state index contributed by atoms with van der Waals surface area (Å²) in [5, 5.41) is 10.4. The lowest BCUT2D eigenvalue weighted by Crippen LogP contribution is -2.33. The van der Waals surface area contributed by atoms with Gasteiger partial charge in [-0.15, -0.1) is 0 Å². The number of benzene rings is 6. The van der Waals surface area contributed by atoms with E-state index in [4.69, 9.17) is 0 Å². The van der Waals surface area contributed by atoms with Gasteiger partial charge in [-0.05, 0) is 53.3 Å². The van der Waals surface area contributed by atoms with Crippen LogP contribution in [0.1, 0.15) is 13.3 Å². The lowest BCUT2D eigenvalue weighted by Gasteiger charge is -2.19. The Morgan fingerprint density at radius 3 is 1.88 bits per heavy atom. The van der Waals surface area contributed by atoms with E-state index in [0.29, 0.717) is 5.92 Å². The first-order valence-electron chi connectivity index (χ1n) is 14.5. The van der Waals surface area contributed by atoms with Crippen molar-refractivity contribution in [2.75, 3.05) is 0 Å². The zero-order chi connectivity index (χ0) is 27.1. The summed E-state index contributed by atoms with van der Waals surface area (Å²) < 4.78 is 5.02. The van der Waals surface area contributed by atoms with Gasteiger partial charge in [-0.1, -0.05) is 110 Å². The fraction of sp³-hybridized carbons (Fsp3) is 0.0769. The molecule has 2 heteroatoms. The third-order valence-electron chi connectivity index (χ3n) is 8.99. The summed E-state index contributed by atoms with van der Waals surface area (Å²) in [5.74, 6) is 0.480. The maximum atomic E-state index is 2.55. The Labute approximate surface area is 237 Å². The summed E-state index contributed by atoms with van der Waals surface area (Å²) in [5.41, 5.74) is 7.64. The van der Waals surface area contributed by atoms with Gasteiger partial charge in [0, 0.05) is 37.8 Å². The summed E-state index contributed by atoms with van der Waals surface area (Å²) >= 11 is 0. The number of para-hydroxylation sites is 2. The Balaban J connectivity index is 1.48. The van der Waals surface area contributed by atoms with Crippen LogP contribution in [0.5, 0.6) is 0 Å². The molecule has 1 atom stereocenters. The van der Waals surface area contributed by atoms with Crippen LogP contribution >= 0.6 is 0 Å². The van der Waals surface area contributed by atoms with Gasteiger partial charge in [0.05, 0.1) is 27.8 Å². The van der Waals surface area contributed by atoms with Gasteiger partial charge in [-0.2, -0.15) is 0 Å². The minimum Gasteiger partial charge on any atom is -0.312 e. The highest BCUT2D eigenvalue weighted by Gasteiger charge is 2.21. The third-order valence-corrected chi connectivity index (χ3v) is 8.99. The highest BCUT2D eigenvalue weighted by Crippen LogP contribution is 2.40. The van der Waals surface area contributed by atoms with Crippen molar-refractivity contribution in [3.63, 3.8) is 0 Å². The largest absolute Gasteiger partial charge is 0.312 e. The summed E-state index contributed by atoms with van der Waals surface area (Å²) in [7, 11) is 0. The Morgan fingerprint density at radius 1 is 0.512 bits per heavy atom. The van der Waals surface area contributed by atoms with Crippen LogP contribution in [0.4, 0.5) is 0 Å². The maximum absolute atomic E-state index is 2.55. The maximum Gasteiger partial charge on any atom is 0.0549 e. The highest BCUT2D eigenvalue weighted by atomic mass is 15.0. The van der Waals surface area contributed by atoms with Crippen molar-refractivity contribution in [2.24, 2.45) is 5.92 Å². The van der Waals surface area contributed by atoms with Crippen LogP contribution in [-0.2, 0) is 0 Å². The molecule has 2 nitrogen and oxygen atoms in total. The normalized spacial score (nSPS) is 15.2. The quantitative estimate of drug-likeness (QED) is 0.214. The third kappa shape index (κ3) is 3.19. The lowest BCUT2D eigenvalue weighted by molar-refractivity contribution is 0.762. The van der Waals surface area contributed by atoms with Gasteiger partial charge in [-0.25, -0.2) is 0 Å². The fourth-order valence-electron chi connectivity index (χ4n) is 7.28. The molecule has 8 aromatic rings. The van der Waals surface area contributed by atoms with Crippen LogP contribution in [0.3, 0.4) is 0 Å². The average Bonchev–Trinajstić information content (AvgIpc) is 3.51. The topological polar surface area (TPSA) is 9.86 Å². The zero-order valence-electron chi connectivity index (χ0n) is 22.9. The summed E-state index contributed by atoms with van der Waals surface area (Å²) in [4.78, 5) is 0. The molecule has 1 aliphatic rings. The van der Waals surface area contributed by atoms with Crippen molar-refractivity contribution in [3.8, 4) is 5.69 Å². The summed E-state index contributed by atoms with van der Waals surface area (Å²) in [6.45, 7) is 2.33. The van der Waals surface area contributed by atoms with E-state index in [1.807, 2.05) is 0 Å². The minimum atomic E-state index is 0.480. The van der Waals surface area contributed by atoms with Crippen molar-refractivity contribution in [3.05, 3.63) is 138 Å². The summed E-state index contributed by atoms with van der Waals surface area (Å²) in [6, 6.07) is 46.9. The van der Waals surface area contributed by atoms with Crippen molar-refractivity contribution in [1.82, 2.24) is 9.13 Å². The average molecular weight is 525 g/mol. The van der Waals surface area contributed by atoms with Gasteiger partial charge in [-0.3, -0.25) is 0 Å². The molecule has 2 heterocycles. The van der Waals surface area contributed by atoms with Gasteiger partial charge in [0.2, 0.25) is 0 Å². The molecule has 0 radical (unpaired) electrons. The van der Waals surface area contributed by atoms with E-state index in [9.17, 15) is 0 Å². The molecule has 0 spiro atoms. The Hall–Kier alpha value is -5.08. The first-order valence-corrected chi connectivity index (χ1v) is 14.5. The SMILES string of the molecule is CC1C=c2ccccc2=C(n2c3ccccc3c3cc4c(cc32)c2ccccc2n4-c2cccc3ccccc23)C1. The van der Waals surface area contributed by atoms with E-state index in [0.717, 1.165) is 6.42 Å². The Kier molecular flexibility index (Phi) is 4.68. The van der Waals surface area contributed by atoms with E-state index >= 15 is 0 Å². The molecule has 0 aliphatic heterocycles. The van der Waals surface area contributed by atoms with E-state index < -0.39 is 0 Å². The zero-order valence-corrected chi connectivity index (χ0v) is 22.9. The molecule has 0 fully saturated rings. The molecule has 0 saturated heterocycles. The molecule has 0 amide bonds. The van der Waals surface area contributed by atoms with Gasteiger partial charge < -0.3 is 9.13 Å². The molecular weight excluding hydrogens is 496 g/mol. The number of rotatable bonds is 2. The predicted molar refractivity (Wildman–Crippen MR) is 174 cm³/mol. The molecule has 0 N–H and O–H groups in total. The molecule has 41 heavy (non-hydrogen) atoms. The number of fused-ring (bicyclic) bond motifs is 8. The number of hydrogen-bond donors (Lipinski definition) is 0. The van der Waals surface area contributed by atoms with Crippen LogP contribution < -0.4 is 10.4 Å². The molecule has 6 aromatic carbocycles. The van der Waals surface area contributed by atoms with E-state index in [1.54, 1.807) is 0 Å². The summed E-state index contributed by atoms with van der Waals surface area (Å²) in [6.07, 6.45) is 3.43. The Morgan fingerprint density at radius 2 is 1.10 bits per heavy atom. The fourth-order valence-corrected chi connectivity index (χ4v) is 7.28. The molecular formula is C39H28N2. The molecule has 0 bridgehead atoms. The van der Waals surface area contributed by atoms with Gasteiger partial charge in [0.1, 0.15) is 0 Å². The molecule has 2 aromatic heterocycles. The van der Waals surface area contributed by atoms with Gasteiger partial charge in [0.25, 0.3) is 0 Å². The second-order valence-corrected chi connectivity index (χ2v) is 11.5. The van der Waals surface area contributed by atoms with Crippen molar-refractivity contribution in [2.45, 2.75) is 13.3 Å². The van der Waals surface area contributed by atoms with Crippen molar-refractivity contribution in [1.29, 1.82) is 0 Å². The lowest BCUT2D eigenvalue weighted by atomic mass is 9.96. The first kappa shape index (κ1) is 22.7. The number of aromatic nitrogens is 2. The van der Waals surface area contributed by atoms with Gasteiger partial charge >= 0.3 is 0 Å². The van der Waals surface area contributed by atoms with Crippen LogP contribution in [0.2, 0.25) is 0 Å². The Bertz CT molecular complexity index is 2460. The standard InChI is InChI=1S/C39H28N2/c1-25-21-27-12-3-5-15-29(27)37(22-25)41-36-19-9-7-17-31(36)33-23-38-32(24-39(33)41)30-16-6-8-18-35(30)40(38)34-20-10-13-26-11-2-4-14-28(26)34/h2-21,23-25H,22H2,1H3. The molecule has 194 valence electrons. The predicted octanol–water partition coefficient (Wildman–Crippen LogP) is 8.52. The molecule has 0 saturated carbocycles. The van der Waals surface area contributed by atoms with Crippen molar-refractivity contribution >= 4 is 66.2 Å². The minimum absolute atomic E-state index is 0.480. The highest BCUT2D eigenvalue weighted by molar-refractivity contribution is 6.19. The van der Waals surface area contributed by atoms with Crippen LogP contribution in [-0.4, -0.2) is 9.13 Å². The van der Waals surface area contributed by atoms with Gasteiger partial charge in [0.15, 0.2) is 0 Å². The molecule has 1 aliphatic carbocycles. The number of nitrogens with zero attached hydrogens (tertiary/aromatic N) is 2. The van der Waals surface area contributed by atoms with Crippen molar-refractivity contribution < 1.29 is 0 Å². The first-order chi connectivity index (χ1) is 20.3. The number of hydrogen-bond acceptors (Lipinski definition) is 0. The second-order valence-electron chi connectivity index (χ2n) is 11.5. The monoisotopic (exact) mass is 524 g/mol. The molecule has 9 rings (SSSR count). The molecule has 1 unspecified atom stereocenters. The van der Waals surface area contributed by atoms with Crippen LogP contribution in [0.15, 0.2) is 127 Å². The van der Waals surface area contributed by atoms with Crippen LogP contribution in [0, 0.1) is 5.92 Å². The van der Waals surface area contributed by atoms with E-state index in [1.165, 1.54) is 76.2 Å². The van der Waals surface area contributed by atoms with E-state index in [-0.39, 0.29) is 0 Å². The van der Waals surface area contributed by atoms with Crippen LogP contribution in [0.25, 0.3) is 71.8 Å². The van der Waals surface area contributed by atoms with E-state index in [2.05, 4.69) is 150 Å². The second kappa shape index (κ2) is 8.46.